The van der Waals surface area contributed by atoms with Gasteiger partial charge >= 0.3 is 0 Å². The number of nitrogens with one attached hydrogen (secondary N) is 3. The summed E-state index contributed by atoms with van der Waals surface area (Å²) in [6.45, 7) is 3.10. The molecule has 0 aliphatic carbocycles. The minimum Gasteiger partial charge on any atom is -0.361 e. The summed E-state index contributed by atoms with van der Waals surface area (Å²) in [5.74, 6) is 0. The molecule has 0 aliphatic heterocycles. The van der Waals surface area contributed by atoms with E-state index in [0.717, 1.165) is 56.7 Å². The number of nitrogens with zero attached hydrogens (tertiary/aromatic N) is 2. The van der Waals surface area contributed by atoms with Crippen molar-refractivity contribution in [3.63, 3.8) is 0 Å². The Morgan fingerprint density at radius 3 is 1.74 bits per heavy atom. The van der Waals surface area contributed by atoms with E-state index in [-0.39, 0.29) is 0 Å². The van der Waals surface area contributed by atoms with Crippen LogP contribution in [0.1, 0.15) is 29.5 Å². The van der Waals surface area contributed by atoms with E-state index in [2.05, 4.69) is 110 Å². The lowest BCUT2D eigenvalue weighted by Gasteiger charge is -2.23. The van der Waals surface area contributed by atoms with Gasteiger partial charge in [0.15, 0.2) is 0 Å². The van der Waals surface area contributed by atoms with E-state index in [9.17, 15) is 0 Å². The minimum atomic E-state index is 0.956. The highest BCUT2D eigenvalue weighted by Crippen LogP contribution is 2.22. The Balaban J connectivity index is 1.10. The average molecular weight is 514 g/mol. The fourth-order valence-electron chi connectivity index (χ4n) is 5.49. The molecule has 6 aromatic rings. The van der Waals surface area contributed by atoms with Crippen molar-refractivity contribution in [2.24, 2.45) is 0 Å². The minimum absolute atomic E-state index is 0.956. The second kappa shape index (κ2) is 12.0. The number of hydrogen-bond acceptors (Lipinski definition) is 3. The van der Waals surface area contributed by atoms with E-state index in [0.29, 0.717) is 0 Å². The average Bonchev–Trinajstić information content (AvgIpc) is 3.59. The Morgan fingerprint density at radius 2 is 1.15 bits per heavy atom. The third kappa shape index (κ3) is 6.21. The van der Waals surface area contributed by atoms with Gasteiger partial charge in [0, 0.05) is 64.5 Å². The quantitative estimate of drug-likeness (QED) is 0.156. The predicted molar refractivity (Wildman–Crippen MR) is 162 cm³/mol. The van der Waals surface area contributed by atoms with E-state index in [1.807, 2.05) is 12.1 Å². The molecule has 3 N–H and O–H groups in total. The van der Waals surface area contributed by atoms with E-state index < -0.39 is 0 Å². The molecule has 5 nitrogen and oxygen atoms in total. The molecule has 3 aromatic carbocycles. The zero-order chi connectivity index (χ0) is 26.3. The Bertz CT molecular complexity index is 1530. The van der Waals surface area contributed by atoms with Crippen LogP contribution in [0.15, 0.2) is 110 Å². The van der Waals surface area contributed by atoms with Crippen LogP contribution in [0.4, 0.5) is 11.4 Å². The molecule has 0 unspecified atom stereocenters. The van der Waals surface area contributed by atoms with Crippen LogP contribution < -0.4 is 5.32 Å². The number of pyridine rings is 1. The van der Waals surface area contributed by atoms with E-state index >= 15 is 0 Å². The molecule has 0 amide bonds. The van der Waals surface area contributed by atoms with E-state index in [1.165, 1.54) is 38.5 Å². The molecule has 0 fully saturated rings. The lowest BCUT2D eigenvalue weighted by atomic mass is 10.1. The standard InChI is InChI=1S/C34H35N5/c1-3-11-33-31(9-1)27(23-36-33)7-5-21-39(22-6-8-28-24-37-34-12-4-2-10-32(28)34)25-26-13-15-29(16-14-26)38-30-17-19-35-20-18-30/h1-4,9-20,23-24,36-37H,5-8,21-22,25H2,(H,35,38). The molecule has 6 rings (SSSR count). The second-order valence-electron chi connectivity index (χ2n) is 10.3. The van der Waals surface area contributed by atoms with Gasteiger partial charge in [-0.05, 0) is 91.9 Å². The Labute approximate surface area is 229 Å². The molecule has 3 aromatic heterocycles. The number of fused-ring (bicyclic) bond motifs is 2. The van der Waals surface area contributed by atoms with Gasteiger partial charge in [-0.25, -0.2) is 0 Å². The highest BCUT2D eigenvalue weighted by Gasteiger charge is 2.10. The third-order valence-electron chi connectivity index (χ3n) is 7.52. The molecule has 0 atom stereocenters. The van der Waals surface area contributed by atoms with Gasteiger partial charge in [0.1, 0.15) is 0 Å². The van der Waals surface area contributed by atoms with Gasteiger partial charge in [-0.3, -0.25) is 9.88 Å². The summed E-state index contributed by atoms with van der Waals surface area (Å²) < 4.78 is 0. The highest BCUT2D eigenvalue weighted by molar-refractivity contribution is 5.83. The molecule has 5 heteroatoms. The fraction of sp³-hybridized carbons (Fsp3) is 0.206. The maximum Gasteiger partial charge on any atom is 0.0456 e. The summed E-state index contributed by atoms with van der Waals surface area (Å²) in [6.07, 6.45) is 12.4. The Kier molecular flexibility index (Phi) is 7.69. The van der Waals surface area contributed by atoms with Crippen molar-refractivity contribution >= 4 is 33.2 Å². The second-order valence-corrected chi connectivity index (χ2v) is 10.3. The molecule has 0 bridgehead atoms. The van der Waals surface area contributed by atoms with Crippen molar-refractivity contribution in [1.82, 2.24) is 19.9 Å². The first-order valence-electron chi connectivity index (χ1n) is 13.9. The largest absolute Gasteiger partial charge is 0.361 e. The molecule has 0 radical (unpaired) electrons. The SMILES string of the molecule is c1ccc2c(CCCN(CCCc3c[nH]c4ccccc34)Cc3ccc(Nc4ccncc4)cc3)c[nH]c2c1. The number of anilines is 2. The van der Waals surface area contributed by atoms with Crippen molar-refractivity contribution < 1.29 is 0 Å². The number of benzene rings is 3. The molecule has 0 spiro atoms. The topological polar surface area (TPSA) is 59.7 Å². The van der Waals surface area contributed by atoms with Crippen molar-refractivity contribution in [3.05, 3.63) is 126 Å². The first kappa shape index (κ1) is 25.0. The summed E-state index contributed by atoms with van der Waals surface area (Å²) in [5, 5.41) is 6.15. The normalized spacial score (nSPS) is 11.5. The van der Waals surface area contributed by atoms with Crippen molar-refractivity contribution in [1.29, 1.82) is 0 Å². The van der Waals surface area contributed by atoms with Gasteiger partial charge in [-0.15, -0.1) is 0 Å². The van der Waals surface area contributed by atoms with Gasteiger partial charge in [0.2, 0.25) is 0 Å². The molecule has 0 saturated carbocycles. The summed E-state index contributed by atoms with van der Waals surface area (Å²) >= 11 is 0. The number of rotatable bonds is 12. The molecular formula is C34H35N5. The van der Waals surface area contributed by atoms with Crippen LogP contribution in [0.5, 0.6) is 0 Å². The van der Waals surface area contributed by atoms with Gasteiger partial charge in [0.05, 0.1) is 0 Å². The van der Waals surface area contributed by atoms with Crippen LogP contribution in [0.3, 0.4) is 0 Å². The first-order chi connectivity index (χ1) is 19.3. The van der Waals surface area contributed by atoms with Crippen LogP contribution in [-0.2, 0) is 19.4 Å². The smallest absolute Gasteiger partial charge is 0.0456 e. The molecule has 39 heavy (non-hydrogen) atoms. The number of hydrogen-bond donors (Lipinski definition) is 3. The van der Waals surface area contributed by atoms with E-state index in [1.54, 1.807) is 12.4 Å². The fourth-order valence-corrected chi connectivity index (χ4v) is 5.49. The van der Waals surface area contributed by atoms with Gasteiger partial charge in [-0.1, -0.05) is 48.5 Å². The van der Waals surface area contributed by atoms with Crippen LogP contribution >= 0.6 is 0 Å². The first-order valence-corrected chi connectivity index (χ1v) is 13.9. The summed E-state index contributed by atoms with van der Waals surface area (Å²) in [6, 6.07) is 30.0. The predicted octanol–water partition coefficient (Wildman–Crippen LogP) is 7.86. The zero-order valence-corrected chi connectivity index (χ0v) is 22.2. The van der Waals surface area contributed by atoms with E-state index in [4.69, 9.17) is 0 Å². The number of H-pyrrole nitrogens is 2. The maximum absolute atomic E-state index is 4.10. The molecule has 3 heterocycles. The number of aromatic nitrogens is 3. The zero-order valence-electron chi connectivity index (χ0n) is 22.2. The highest BCUT2D eigenvalue weighted by atomic mass is 15.1. The molecule has 0 aliphatic rings. The van der Waals surface area contributed by atoms with Crippen LogP contribution in [0.25, 0.3) is 21.8 Å². The maximum atomic E-state index is 4.10. The van der Waals surface area contributed by atoms with Crippen molar-refractivity contribution in [3.8, 4) is 0 Å². The number of para-hydroxylation sites is 2. The van der Waals surface area contributed by atoms with Gasteiger partial charge in [0.25, 0.3) is 0 Å². The van der Waals surface area contributed by atoms with Crippen molar-refractivity contribution in [2.75, 3.05) is 18.4 Å². The monoisotopic (exact) mass is 513 g/mol. The number of aryl methyl sites for hydroxylation is 2. The number of aromatic amines is 2. The summed E-state index contributed by atoms with van der Waals surface area (Å²) in [7, 11) is 0. The molecular weight excluding hydrogens is 478 g/mol. The van der Waals surface area contributed by atoms with Crippen LogP contribution in [0.2, 0.25) is 0 Å². The van der Waals surface area contributed by atoms with Gasteiger partial charge < -0.3 is 15.3 Å². The lowest BCUT2D eigenvalue weighted by molar-refractivity contribution is 0.259. The van der Waals surface area contributed by atoms with Crippen LogP contribution in [0, 0.1) is 0 Å². The summed E-state index contributed by atoms with van der Waals surface area (Å²) in [4.78, 5) is 13.6. The lowest BCUT2D eigenvalue weighted by Crippen LogP contribution is -2.26. The van der Waals surface area contributed by atoms with Crippen molar-refractivity contribution in [2.45, 2.75) is 32.2 Å². The Hall–Kier alpha value is -4.35. The van der Waals surface area contributed by atoms with Crippen LogP contribution in [-0.4, -0.2) is 32.9 Å². The molecule has 0 saturated heterocycles. The van der Waals surface area contributed by atoms with Gasteiger partial charge in [-0.2, -0.15) is 0 Å². The Morgan fingerprint density at radius 1 is 0.615 bits per heavy atom. The third-order valence-corrected chi connectivity index (χ3v) is 7.52. The molecule has 196 valence electrons. The summed E-state index contributed by atoms with van der Waals surface area (Å²) in [5.41, 5.74) is 8.76.